The highest BCUT2D eigenvalue weighted by molar-refractivity contribution is 5.91. The van der Waals surface area contributed by atoms with Gasteiger partial charge >= 0.3 is 23.8 Å². The minimum Gasteiger partial charge on any atom is -0.465 e. The topological polar surface area (TPSA) is 147 Å². The number of carbonyl (C=O) groups is 4. The van der Waals surface area contributed by atoms with Crippen molar-refractivity contribution in [2.45, 2.75) is 89.4 Å². The smallest absolute Gasteiger partial charge is 0.419 e. The van der Waals surface area contributed by atoms with Gasteiger partial charge in [-0.05, 0) is 94.2 Å². The van der Waals surface area contributed by atoms with E-state index in [0.29, 0.717) is 81.7 Å². The van der Waals surface area contributed by atoms with E-state index in [4.69, 9.17) is 13.9 Å². The van der Waals surface area contributed by atoms with E-state index in [1.165, 1.54) is 4.57 Å². The molecule has 2 atom stereocenters. The third-order valence-corrected chi connectivity index (χ3v) is 11.5. The summed E-state index contributed by atoms with van der Waals surface area (Å²) in [6, 6.07) is 11.2. The highest BCUT2D eigenvalue weighted by Gasteiger charge is 2.40. The zero-order chi connectivity index (χ0) is 37.2. The van der Waals surface area contributed by atoms with Gasteiger partial charge in [0.05, 0.1) is 12.1 Å². The Morgan fingerprint density at radius 1 is 0.925 bits per heavy atom. The Kier molecular flexibility index (Phi) is 10.8. The van der Waals surface area contributed by atoms with E-state index in [9.17, 15) is 24.0 Å². The molecule has 3 saturated heterocycles. The highest BCUT2D eigenvalue weighted by atomic mass is 16.6. The molecule has 1 N–H and O–H groups in total. The zero-order valence-electron chi connectivity index (χ0n) is 30.9. The van der Waals surface area contributed by atoms with Crippen LogP contribution in [0.3, 0.4) is 0 Å². The number of nitrogens with one attached hydrogen (secondary N) is 1. The second-order valence-corrected chi connectivity index (χ2v) is 14.7. The molecule has 3 fully saturated rings. The van der Waals surface area contributed by atoms with E-state index in [1.807, 2.05) is 49.1 Å². The standard InChI is InChI=1S/C39H50N6O8/c1-4-51-36(47)31-10-7-16-44(31)28-12-17-42(18-13-28)35(46)33(24-26-22-25(2)34-32(23-26)52-38(49)41(34)3)53-39(50)43-19-14-29(15-20-43)45-21-11-27-8-5-6-9-30(27)40-37(45)48/h5-6,8-9,22-23,28-29,31,33H,4,7,10-21,24H2,1-3H3,(H,40,48)/t31-,33-/m1/s1. The van der Waals surface area contributed by atoms with Gasteiger partial charge in [0, 0.05) is 64.0 Å². The molecular weight excluding hydrogens is 680 g/mol. The van der Waals surface area contributed by atoms with Crippen molar-refractivity contribution in [3.05, 3.63) is 63.6 Å². The molecule has 3 aromatic rings. The number of carbonyl (C=O) groups excluding carboxylic acids is 4. The number of hydrogen-bond acceptors (Lipinski definition) is 9. The first kappa shape index (κ1) is 36.5. The maximum atomic E-state index is 14.2. The van der Waals surface area contributed by atoms with Gasteiger partial charge in [-0.25, -0.2) is 14.4 Å². The van der Waals surface area contributed by atoms with Crippen molar-refractivity contribution in [3.63, 3.8) is 0 Å². The fourth-order valence-corrected chi connectivity index (χ4v) is 8.73. The molecule has 0 unspecified atom stereocenters. The van der Waals surface area contributed by atoms with Crippen molar-refractivity contribution >= 4 is 40.8 Å². The quantitative estimate of drug-likeness (QED) is 0.339. The first-order chi connectivity index (χ1) is 25.6. The van der Waals surface area contributed by atoms with Crippen molar-refractivity contribution in [2.75, 3.05) is 51.2 Å². The SMILES string of the molecule is CCOC(=O)[C@H]1CCCN1C1CCN(C(=O)[C@@H](Cc2cc(C)c3c(c2)oc(=O)n3C)OC(=O)N2CCC(N3CCc4ccccc4NC3=O)CC2)CC1. The predicted molar refractivity (Wildman–Crippen MR) is 197 cm³/mol. The highest BCUT2D eigenvalue weighted by Crippen LogP contribution is 2.29. The molecule has 4 amide bonds. The molecule has 14 nitrogen and oxygen atoms in total. The summed E-state index contributed by atoms with van der Waals surface area (Å²) >= 11 is 0. The predicted octanol–water partition coefficient (Wildman–Crippen LogP) is 4.06. The fraction of sp³-hybridized carbons (Fsp3) is 0.564. The van der Waals surface area contributed by atoms with Crippen LogP contribution in [0, 0.1) is 6.92 Å². The molecule has 0 aliphatic carbocycles. The molecular formula is C39H50N6O8. The summed E-state index contributed by atoms with van der Waals surface area (Å²) in [5, 5.41) is 3.04. The molecule has 1 aromatic heterocycles. The summed E-state index contributed by atoms with van der Waals surface area (Å²) in [6.45, 7) is 7.20. The summed E-state index contributed by atoms with van der Waals surface area (Å²) < 4.78 is 18.4. The Hall–Kier alpha value is -4.85. The van der Waals surface area contributed by atoms with Crippen molar-refractivity contribution in [1.82, 2.24) is 24.2 Å². The largest absolute Gasteiger partial charge is 0.465 e. The van der Waals surface area contributed by atoms with Crippen LogP contribution in [0.2, 0.25) is 0 Å². The molecule has 14 heteroatoms. The number of amides is 4. The number of nitrogens with zero attached hydrogens (tertiary/aromatic N) is 5. The van der Waals surface area contributed by atoms with Gasteiger partial charge in [0.15, 0.2) is 11.7 Å². The van der Waals surface area contributed by atoms with Crippen LogP contribution in [0.1, 0.15) is 62.1 Å². The fourth-order valence-electron chi connectivity index (χ4n) is 8.73. The second kappa shape index (κ2) is 15.6. The van der Waals surface area contributed by atoms with Crippen molar-refractivity contribution < 1.29 is 33.1 Å². The summed E-state index contributed by atoms with van der Waals surface area (Å²) in [6.07, 6.45) is 3.49. The summed E-state index contributed by atoms with van der Waals surface area (Å²) in [7, 11) is 1.65. The number of ether oxygens (including phenoxy) is 2. The molecule has 4 aliphatic rings. The minimum atomic E-state index is -1.10. The maximum absolute atomic E-state index is 14.2. The lowest BCUT2D eigenvalue weighted by atomic mass is 9.99. The monoisotopic (exact) mass is 730 g/mol. The summed E-state index contributed by atoms with van der Waals surface area (Å²) in [4.78, 5) is 73.6. The first-order valence-corrected chi connectivity index (χ1v) is 19.0. The number of aryl methyl sites for hydroxylation is 2. The van der Waals surface area contributed by atoms with Gasteiger partial charge in [-0.2, -0.15) is 0 Å². The molecule has 284 valence electrons. The van der Waals surface area contributed by atoms with Gasteiger partial charge in [-0.3, -0.25) is 19.1 Å². The molecule has 4 aliphatic heterocycles. The number of likely N-dealkylation sites (tertiary alicyclic amines) is 3. The van der Waals surface area contributed by atoms with Gasteiger partial charge in [-0.1, -0.05) is 24.3 Å². The van der Waals surface area contributed by atoms with Gasteiger partial charge < -0.3 is 33.9 Å². The van der Waals surface area contributed by atoms with E-state index in [0.717, 1.165) is 42.6 Å². The second-order valence-electron chi connectivity index (χ2n) is 14.7. The number of aromatic nitrogens is 1. The van der Waals surface area contributed by atoms with Crippen LogP contribution >= 0.6 is 0 Å². The number of rotatable bonds is 8. The Labute approximate surface area is 308 Å². The molecule has 0 radical (unpaired) electrons. The maximum Gasteiger partial charge on any atom is 0.419 e. The average molecular weight is 731 g/mol. The molecule has 0 bridgehead atoms. The summed E-state index contributed by atoms with van der Waals surface area (Å²) in [5.41, 5.74) is 4.55. The Balaban J connectivity index is 1.02. The van der Waals surface area contributed by atoms with Crippen LogP contribution in [0.5, 0.6) is 0 Å². The van der Waals surface area contributed by atoms with Crippen LogP contribution in [0.4, 0.5) is 15.3 Å². The van der Waals surface area contributed by atoms with E-state index in [-0.39, 0.29) is 42.5 Å². The van der Waals surface area contributed by atoms with Crippen LogP contribution in [0.15, 0.2) is 45.6 Å². The van der Waals surface area contributed by atoms with E-state index < -0.39 is 18.0 Å². The number of urea groups is 1. The number of benzene rings is 2. The van der Waals surface area contributed by atoms with E-state index in [1.54, 1.807) is 22.9 Å². The van der Waals surface area contributed by atoms with E-state index in [2.05, 4.69) is 10.2 Å². The lowest BCUT2D eigenvalue weighted by molar-refractivity contribution is -0.150. The van der Waals surface area contributed by atoms with Crippen molar-refractivity contribution in [1.29, 1.82) is 0 Å². The minimum absolute atomic E-state index is 0.0265. The number of hydrogen-bond donors (Lipinski definition) is 1. The Bertz CT molecular complexity index is 1910. The van der Waals surface area contributed by atoms with Crippen LogP contribution in [0.25, 0.3) is 11.1 Å². The molecule has 2 aromatic carbocycles. The molecule has 53 heavy (non-hydrogen) atoms. The van der Waals surface area contributed by atoms with Crippen molar-refractivity contribution in [3.8, 4) is 0 Å². The number of para-hydroxylation sites is 1. The lowest BCUT2D eigenvalue weighted by Crippen LogP contribution is -2.53. The summed E-state index contributed by atoms with van der Waals surface area (Å²) in [5.74, 6) is -0.930. The number of fused-ring (bicyclic) bond motifs is 2. The third-order valence-electron chi connectivity index (χ3n) is 11.5. The lowest BCUT2D eigenvalue weighted by Gasteiger charge is -2.40. The number of esters is 1. The Morgan fingerprint density at radius 2 is 1.64 bits per heavy atom. The van der Waals surface area contributed by atoms with Crippen LogP contribution in [-0.2, 0) is 39.0 Å². The molecule has 5 heterocycles. The number of anilines is 1. The third kappa shape index (κ3) is 7.64. The Morgan fingerprint density at radius 3 is 2.40 bits per heavy atom. The van der Waals surface area contributed by atoms with Gasteiger partial charge in [0.25, 0.3) is 5.91 Å². The zero-order valence-corrected chi connectivity index (χ0v) is 30.9. The average Bonchev–Trinajstić information content (AvgIpc) is 3.71. The van der Waals surface area contributed by atoms with E-state index >= 15 is 0 Å². The van der Waals surface area contributed by atoms with Gasteiger partial charge in [0.2, 0.25) is 0 Å². The van der Waals surface area contributed by atoms with Crippen molar-refractivity contribution in [2.24, 2.45) is 7.05 Å². The number of piperidine rings is 2. The molecule has 7 rings (SSSR count). The van der Waals surface area contributed by atoms with Crippen LogP contribution in [-0.4, -0.2) is 118 Å². The molecule has 0 saturated carbocycles. The molecule has 0 spiro atoms. The van der Waals surface area contributed by atoms with Gasteiger partial charge in [-0.15, -0.1) is 0 Å². The normalized spacial score (nSPS) is 20.9. The van der Waals surface area contributed by atoms with Crippen LogP contribution < -0.4 is 11.1 Å². The first-order valence-electron chi connectivity index (χ1n) is 19.0. The van der Waals surface area contributed by atoms with Gasteiger partial charge in [0.1, 0.15) is 6.04 Å². The number of oxazole rings is 1.